The van der Waals surface area contributed by atoms with Crippen LogP contribution in [-0.4, -0.2) is 34.5 Å². The molecule has 1 saturated heterocycles. The molecule has 1 aliphatic carbocycles. The minimum atomic E-state index is 0.261. The summed E-state index contributed by atoms with van der Waals surface area (Å²) in [7, 11) is 0. The molecule has 2 aromatic rings. The average molecular weight is 367 g/mol. The zero-order valence-corrected chi connectivity index (χ0v) is 15.9. The summed E-state index contributed by atoms with van der Waals surface area (Å²) in [6.07, 6.45) is 9.40. The molecule has 0 bridgehead atoms. The Bertz CT molecular complexity index is 763. The number of likely N-dealkylation sites (tertiary alicyclic amines) is 1. The van der Waals surface area contributed by atoms with Crippen LogP contribution >= 0.6 is 0 Å². The molecule has 0 radical (unpaired) electrons. The lowest BCUT2D eigenvalue weighted by Crippen LogP contribution is -2.31. The summed E-state index contributed by atoms with van der Waals surface area (Å²) in [6.45, 7) is 4.83. The fourth-order valence-electron chi connectivity index (χ4n) is 4.84. The Morgan fingerprint density at radius 1 is 1.15 bits per heavy atom. The quantitative estimate of drug-likeness (QED) is 0.813. The minimum Gasteiger partial charge on any atom is -0.468 e. The zero-order chi connectivity index (χ0) is 18.1. The van der Waals surface area contributed by atoms with Crippen LogP contribution in [-0.2, 0) is 13.1 Å². The Morgan fingerprint density at radius 2 is 2.00 bits per heavy atom. The lowest BCUT2D eigenvalue weighted by atomic mass is 10.1. The molecule has 0 aromatic carbocycles. The number of aromatic nitrogens is 2. The maximum atomic E-state index is 5.77. The first-order valence-electron chi connectivity index (χ1n) is 10.5. The first-order chi connectivity index (χ1) is 13.4. The van der Waals surface area contributed by atoms with Crippen molar-refractivity contribution in [2.45, 2.75) is 63.6 Å². The second-order valence-electron chi connectivity index (χ2n) is 8.10. The third-order valence-electron chi connectivity index (χ3n) is 6.34. The lowest BCUT2D eigenvalue weighted by Gasteiger charge is -2.26. The Kier molecular flexibility index (Phi) is 4.84. The van der Waals surface area contributed by atoms with Gasteiger partial charge in [0, 0.05) is 31.1 Å². The number of rotatable bonds is 6. The summed E-state index contributed by atoms with van der Waals surface area (Å²) in [5, 5.41) is 7.13. The van der Waals surface area contributed by atoms with Gasteiger partial charge in [0.15, 0.2) is 0 Å². The summed E-state index contributed by atoms with van der Waals surface area (Å²) in [5.41, 5.74) is 2.43. The zero-order valence-electron chi connectivity index (χ0n) is 15.9. The number of nitrogens with zero attached hydrogens (tertiary/aromatic N) is 3. The van der Waals surface area contributed by atoms with Gasteiger partial charge < -0.3 is 15.1 Å². The number of hydrogen-bond acceptors (Lipinski definition) is 6. The number of fused-ring (bicyclic) bond motifs is 1. The van der Waals surface area contributed by atoms with E-state index in [1.807, 2.05) is 6.07 Å². The normalized spacial score (nSPS) is 21.6. The van der Waals surface area contributed by atoms with Crippen LogP contribution in [0.5, 0.6) is 0 Å². The topological polar surface area (TPSA) is 66.2 Å². The van der Waals surface area contributed by atoms with Crippen LogP contribution in [0.4, 0.5) is 5.82 Å². The van der Waals surface area contributed by atoms with Crippen LogP contribution in [0.15, 0.2) is 22.8 Å². The van der Waals surface area contributed by atoms with Gasteiger partial charge in [-0.3, -0.25) is 4.90 Å². The van der Waals surface area contributed by atoms with Crippen LogP contribution in [0.2, 0.25) is 0 Å². The largest absolute Gasteiger partial charge is 0.468 e. The van der Waals surface area contributed by atoms with Gasteiger partial charge in [0.25, 0.3) is 0 Å². The van der Waals surface area contributed by atoms with Crippen molar-refractivity contribution in [3.8, 4) is 0 Å². The van der Waals surface area contributed by atoms with Crippen molar-refractivity contribution < 1.29 is 4.42 Å². The predicted octanol–water partition coefficient (Wildman–Crippen LogP) is 3.58. The van der Waals surface area contributed by atoms with Crippen LogP contribution in [0.3, 0.4) is 0 Å². The SMILES string of the molecule is c1coc(C(CNc2nc(C3CCCC3)nc3c2CNC3)N2CCCC2)c1. The highest BCUT2D eigenvalue weighted by Crippen LogP contribution is 2.34. The number of furan rings is 1. The Labute approximate surface area is 160 Å². The van der Waals surface area contributed by atoms with Crippen LogP contribution in [0.1, 0.15) is 73.3 Å². The highest BCUT2D eigenvalue weighted by molar-refractivity contribution is 5.49. The molecule has 1 atom stereocenters. The Morgan fingerprint density at radius 3 is 2.78 bits per heavy atom. The fourth-order valence-corrected chi connectivity index (χ4v) is 4.84. The van der Waals surface area contributed by atoms with Crippen LogP contribution in [0, 0.1) is 0 Å². The van der Waals surface area contributed by atoms with Crippen molar-refractivity contribution in [2.24, 2.45) is 0 Å². The molecule has 6 heteroatoms. The highest BCUT2D eigenvalue weighted by Gasteiger charge is 2.28. The summed E-state index contributed by atoms with van der Waals surface area (Å²) in [5.74, 6) is 3.66. The van der Waals surface area contributed by atoms with Gasteiger partial charge in [-0.15, -0.1) is 0 Å². The summed E-state index contributed by atoms with van der Waals surface area (Å²) < 4.78 is 5.77. The van der Waals surface area contributed by atoms with E-state index in [9.17, 15) is 0 Å². The molecule has 1 saturated carbocycles. The van der Waals surface area contributed by atoms with E-state index >= 15 is 0 Å². The monoisotopic (exact) mass is 367 g/mol. The van der Waals surface area contributed by atoms with Crippen LogP contribution < -0.4 is 10.6 Å². The second kappa shape index (κ2) is 7.60. The fraction of sp³-hybridized carbons (Fsp3) is 0.619. The van der Waals surface area contributed by atoms with Gasteiger partial charge in [0.1, 0.15) is 17.4 Å². The Hall–Kier alpha value is -1.92. The molecule has 2 aromatic heterocycles. The summed E-state index contributed by atoms with van der Waals surface area (Å²) >= 11 is 0. The molecular formula is C21H29N5O. The van der Waals surface area contributed by atoms with E-state index < -0.39 is 0 Å². The molecule has 3 aliphatic rings. The van der Waals surface area contributed by atoms with Gasteiger partial charge in [-0.25, -0.2) is 9.97 Å². The van der Waals surface area contributed by atoms with E-state index in [2.05, 4.69) is 21.6 Å². The van der Waals surface area contributed by atoms with E-state index in [4.69, 9.17) is 14.4 Å². The van der Waals surface area contributed by atoms with Gasteiger partial charge in [0.2, 0.25) is 0 Å². The molecule has 144 valence electrons. The first-order valence-corrected chi connectivity index (χ1v) is 10.5. The molecule has 2 N–H and O–H groups in total. The third-order valence-corrected chi connectivity index (χ3v) is 6.34. The highest BCUT2D eigenvalue weighted by atomic mass is 16.3. The molecule has 0 amide bonds. The van der Waals surface area contributed by atoms with Crippen molar-refractivity contribution >= 4 is 5.82 Å². The molecule has 4 heterocycles. The Balaban J connectivity index is 1.39. The van der Waals surface area contributed by atoms with Gasteiger partial charge >= 0.3 is 0 Å². The van der Waals surface area contributed by atoms with Gasteiger partial charge in [-0.2, -0.15) is 0 Å². The van der Waals surface area contributed by atoms with Crippen LogP contribution in [0.25, 0.3) is 0 Å². The average Bonchev–Trinajstić information content (AvgIpc) is 3.50. The van der Waals surface area contributed by atoms with Crippen molar-refractivity contribution in [1.82, 2.24) is 20.2 Å². The van der Waals surface area contributed by atoms with E-state index in [0.717, 1.165) is 50.1 Å². The third kappa shape index (κ3) is 3.48. The smallest absolute Gasteiger partial charge is 0.134 e. The number of hydrogen-bond donors (Lipinski definition) is 2. The molecule has 2 aliphatic heterocycles. The second-order valence-corrected chi connectivity index (χ2v) is 8.10. The molecule has 5 rings (SSSR count). The molecule has 6 nitrogen and oxygen atoms in total. The van der Waals surface area contributed by atoms with Crippen molar-refractivity contribution in [2.75, 3.05) is 25.0 Å². The van der Waals surface area contributed by atoms with Gasteiger partial charge in [0.05, 0.1) is 18.0 Å². The molecule has 27 heavy (non-hydrogen) atoms. The molecule has 2 fully saturated rings. The van der Waals surface area contributed by atoms with E-state index in [1.165, 1.54) is 49.8 Å². The van der Waals surface area contributed by atoms with Gasteiger partial charge in [-0.05, 0) is 50.9 Å². The summed E-state index contributed by atoms with van der Waals surface area (Å²) in [4.78, 5) is 12.4. The van der Waals surface area contributed by atoms with Crippen molar-refractivity contribution in [3.63, 3.8) is 0 Å². The number of anilines is 1. The van der Waals surface area contributed by atoms with E-state index in [-0.39, 0.29) is 6.04 Å². The molecule has 1 unspecified atom stereocenters. The standard InChI is InChI=1S/C21H29N5O/c1-2-7-15(6-1)20-24-17-13-22-12-16(17)21(25-20)23-14-18(19-8-5-11-27-19)26-9-3-4-10-26/h5,8,11,15,18,22H,1-4,6-7,9-10,12-14H2,(H,23,24,25). The predicted molar refractivity (Wildman–Crippen MR) is 105 cm³/mol. The minimum absolute atomic E-state index is 0.261. The van der Waals surface area contributed by atoms with E-state index in [0.29, 0.717) is 5.92 Å². The van der Waals surface area contributed by atoms with Gasteiger partial charge in [-0.1, -0.05) is 12.8 Å². The maximum Gasteiger partial charge on any atom is 0.134 e. The number of nitrogens with one attached hydrogen (secondary N) is 2. The van der Waals surface area contributed by atoms with Crippen molar-refractivity contribution in [1.29, 1.82) is 0 Å². The molecule has 0 spiro atoms. The molecular weight excluding hydrogens is 338 g/mol. The van der Waals surface area contributed by atoms with Crippen molar-refractivity contribution in [3.05, 3.63) is 41.2 Å². The summed E-state index contributed by atoms with van der Waals surface area (Å²) in [6, 6.07) is 4.35. The first kappa shape index (κ1) is 17.2. The lowest BCUT2D eigenvalue weighted by molar-refractivity contribution is 0.225. The maximum absolute atomic E-state index is 5.77. The van der Waals surface area contributed by atoms with E-state index in [1.54, 1.807) is 6.26 Å².